The third kappa shape index (κ3) is 3.26. The minimum Gasteiger partial charge on any atom is -0.481 e. The van der Waals surface area contributed by atoms with E-state index < -0.39 is 17.6 Å². The molecule has 0 saturated carbocycles. The van der Waals surface area contributed by atoms with Gasteiger partial charge in [0.15, 0.2) is 0 Å². The molecular weight excluding hydrogens is 292 g/mol. The number of benzene rings is 1. The Morgan fingerprint density at radius 2 is 1.95 bits per heavy atom. The number of hydrogen-bond acceptors (Lipinski definition) is 4. The summed E-state index contributed by atoms with van der Waals surface area (Å²) in [4.78, 5) is 13.2. The number of carboxylic acid groups (broad SMARTS) is 1. The highest BCUT2D eigenvalue weighted by Gasteiger charge is 2.34. The molecule has 3 atom stereocenters. The van der Waals surface area contributed by atoms with Crippen LogP contribution in [-0.2, 0) is 4.79 Å². The molecule has 2 aliphatic heterocycles. The van der Waals surface area contributed by atoms with Crippen molar-refractivity contribution in [2.75, 3.05) is 13.1 Å². The molecule has 3 unspecified atom stereocenters. The van der Waals surface area contributed by atoms with Gasteiger partial charge in [0.2, 0.25) is 0 Å². The van der Waals surface area contributed by atoms with Crippen molar-refractivity contribution in [2.45, 2.75) is 31.5 Å². The van der Waals surface area contributed by atoms with Gasteiger partial charge in [-0.15, -0.1) is 0 Å². The molecule has 2 aliphatic rings. The lowest BCUT2D eigenvalue weighted by atomic mass is 9.96. The van der Waals surface area contributed by atoms with Crippen LogP contribution in [0.3, 0.4) is 0 Å². The maximum atomic E-state index is 13.3. The monoisotopic (exact) mass is 311 g/mol. The van der Waals surface area contributed by atoms with E-state index in [-0.39, 0.29) is 18.1 Å². The molecule has 1 aromatic carbocycles. The number of aliphatic carboxylic acids is 1. The fourth-order valence-electron chi connectivity index (χ4n) is 3.27. The Bertz CT molecular complexity index is 549. The Hall–Kier alpha value is -1.57. The Morgan fingerprint density at radius 3 is 2.64 bits per heavy atom. The van der Waals surface area contributed by atoms with Gasteiger partial charge in [0.25, 0.3) is 0 Å². The molecule has 1 aromatic rings. The van der Waals surface area contributed by atoms with Gasteiger partial charge < -0.3 is 5.11 Å². The maximum absolute atomic E-state index is 13.3. The second-order valence-corrected chi connectivity index (χ2v) is 5.97. The molecule has 3 rings (SSSR count). The van der Waals surface area contributed by atoms with Crippen molar-refractivity contribution in [1.82, 2.24) is 15.8 Å². The third-order valence-corrected chi connectivity index (χ3v) is 4.41. The number of carbonyl (C=O) groups is 1. The standard InChI is InChI=1S/C15H19F2N3O2/c16-11-4-10(5-12(17)6-11)13-7-14(19-18-13)20-3-1-2-9(8-20)15(21)22/h4-6,9,13-14,18-19H,1-3,7-8H2,(H,21,22). The summed E-state index contributed by atoms with van der Waals surface area (Å²) < 4.78 is 26.6. The van der Waals surface area contributed by atoms with Crippen molar-refractivity contribution < 1.29 is 18.7 Å². The summed E-state index contributed by atoms with van der Waals surface area (Å²) in [5.41, 5.74) is 6.71. The van der Waals surface area contributed by atoms with Gasteiger partial charge in [-0.3, -0.25) is 9.69 Å². The molecule has 0 aliphatic carbocycles. The van der Waals surface area contributed by atoms with Crippen molar-refractivity contribution in [2.24, 2.45) is 5.92 Å². The van der Waals surface area contributed by atoms with Crippen LogP contribution in [0.2, 0.25) is 0 Å². The zero-order chi connectivity index (χ0) is 15.7. The van der Waals surface area contributed by atoms with Gasteiger partial charge >= 0.3 is 5.97 Å². The first-order valence-electron chi connectivity index (χ1n) is 7.47. The second-order valence-electron chi connectivity index (χ2n) is 5.97. The molecule has 3 N–H and O–H groups in total. The van der Waals surface area contributed by atoms with Crippen LogP contribution >= 0.6 is 0 Å². The van der Waals surface area contributed by atoms with Crippen LogP contribution in [0.4, 0.5) is 8.78 Å². The number of piperidine rings is 1. The van der Waals surface area contributed by atoms with Crippen molar-refractivity contribution in [3.8, 4) is 0 Å². The largest absolute Gasteiger partial charge is 0.481 e. The van der Waals surface area contributed by atoms with Gasteiger partial charge in [-0.05, 0) is 43.5 Å². The number of likely N-dealkylation sites (tertiary alicyclic amines) is 1. The van der Waals surface area contributed by atoms with Crippen molar-refractivity contribution >= 4 is 5.97 Å². The minimum atomic E-state index is -0.764. The normalized spacial score (nSPS) is 29.6. The maximum Gasteiger partial charge on any atom is 0.307 e. The van der Waals surface area contributed by atoms with E-state index in [2.05, 4.69) is 15.8 Å². The summed E-state index contributed by atoms with van der Waals surface area (Å²) in [5.74, 6) is -2.30. The molecule has 0 bridgehead atoms. The number of hydrogen-bond donors (Lipinski definition) is 3. The molecule has 2 heterocycles. The van der Waals surface area contributed by atoms with Crippen LogP contribution in [-0.4, -0.2) is 35.2 Å². The number of nitrogens with zero attached hydrogens (tertiary/aromatic N) is 1. The van der Waals surface area contributed by atoms with E-state index in [1.807, 2.05) is 0 Å². The summed E-state index contributed by atoms with van der Waals surface area (Å²) >= 11 is 0. The molecule has 5 nitrogen and oxygen atoms in total. The molecule has 0 spiro atoms. The molecule has 22 heavy (non-hydrogen) atoms. The van der Waals surface area contributed by atoms with Crippen LogP contribution in [0, 0.1) is 17.6 Å². The Morgan fingerprint density at radius 1 is 1.23 bits per heavy atom. The molecular formula is C15H19F2N3O2. The summed E-state index contributed by atoms with van der Waals surface area (Å²) in [6.07, 6.45) is 2.15. The molecule has 7 heteroatoms. The fourth-order valence-corrected chi connectivity index (χ4v) is 3.27. The predicted octanol–water partition coefficient (Wildman–Crippen LogP) is 1.63. The van der Waals surface area contributed by atoms with E-state index in [1.54, 1.807) is 0 Å². The Labute approximate surface area is 127 Å². The van der Waals surface area contributed by atoms with E-state index in [4.69, 9.17) is 5.11 Å². The zero-order valence-electron chi connectivity index (χ0n) is 12.1. The smallest absolute Gasteiger partial charge is 0.307 e. The second kappa shape index (κ2) is 6.28. The van der Waals surface area contributed by atoms with E-state index in [9.17, 15) is 13.6 Å². The first kappa shape index (κ1) is 15.3. The molecule has 0 radical (unpaired) electrons. The van der Waals surface area contributed by atoms with Gasteiger partial charge in [-0.1, -0.05) is 0 Å². The fraction of sp³-hybridized carbons (Fsp3) is 0.533. The van der Waals surface area contributed by atoms with Gasteiger partial charge in [0.1, 0.15) is 11.6 Å². The van der Waals surface area contributed by atoms with Crippen molar-refractivity contribution in [3.05, 3.63) is 35.4 Å². The molecule has 2 saturated heterocycles. The lowest BCUT2D eigenvalue weighted by Gasteiger charge is -2.34. The Kier molecular flexibility index (Phi) is 4.37. The van der Waals surface area contributed by atoms with E-state index in [0.717, 1.165) is 19.0 Å². The van der Waals surface area contributed by atoms with E-state index >= 15 is 0 Å². The summed E-state index contributed by atoms with van der Waals surface area (Å²) in [7, 11) is 0. The average molecular weight is 311 g/mol. The van der Waals surface area contributed by atoms with Crippen LogP contribution in [0.25, 0.3) is 0 Å². The van der Waals surface area contributed by atoms with Crippen LogP contribution < -0.4 is 10.9 Å². The van der Waals surface area contributed by atoms with Gasteiger partial charge in [-0.2, -0.15) is 0 Å². The topological polar surface area (TPSA) is 64.6 Å². The third-order valence-electron chi connectivity index (χ3n) is 4.41. The highest BCUT2D eigenvalue weighted by molar-refractivity contribution is 5.70. The highest BCUT2D eigenvalue weighted by Crippen LogP contribution is 2.27. The minimum absolute atomic E-state index is 0.0292. The first-order chi connectivity index (χ1) is 10.5. The number of carboxylic acids is 1. The molecule has 0 aromatic heterocycles. The van der Waals surface area contributed by atoms with Crippen LogP contribution in [0.5, 0.6) is 0 Å². The average Bonchev–Trinajstić information content (AvgIpc) is 2.96. The van der Waals surface area contributed by atoms with Gasteiger partial charge in [0.05, 0.1) is 12.1 Å². The predicted molar refractivity (Wildman–Crippen MR) is 75.7 cm³/mol. The quantitative estimate of drug-likeness (QED) is 0.792. The number of halogens is 2. The molecule has 2 fully saturated rings. The van der Waals surface area contributed by atoms with Crippen molar-refractivity contribution in [1.29, 1.82) is 0 Å². The molecule has 120 valence electrons. The van der Waals surface area contributed by atoms with Crippen LogP contribution in [0.15, 0.2) is 18.2 Å². The number of hydrazine groups is 1. The lowest BCUT2D eigenvalue weighted by molar-refractivity contribution is -0.144. The summed E-state index contributed by atoms with van der Waals surface area (Å²) in [6.45, 7) is 1.33. The summed E-state index contributed by atoms with van der Waals surface area (Å²) in [6, 6.07) is 3.30. The SMILES string of the molecule is O=C(O)C1CCCN(C2CC(c3cc(F)cc(F)c3)NN2)C1. The van der Waals surface area contributed by atoms with E-state index in [0.29, 0.717) is 24.9 Å². The van der Waals surface area contributed by atoms with Crippen LogP contribution in [0.1, 0.15) is 30.9 Å². The lowest BCUT2D eigenvalue weighted by Crippen LogP contribution is -2.50. The van der Waals surface area contributed by atoms with Gasteiger partial charge in [-0.25, -0.2) is 19.6 Å². The number of nitrogens with one attached hydrogen (secondary N) is 2. The van der Waals surface area contributed by atoms with Crippen molar-refractivity contribution in [3.63, 3.8) is 0 Å². The molecule has 0 amide bonds. The van der Waals surface area contributed by atoms with E-state index in [1.165, 1.54) is 12.1 Å². The summed E-state index contributed by atoms with van der Waals surface area (Å²) in [5, 5.41) is 9.14. The highest BCUT2D eigenvalue weighted by atomic mass is 19.1. The zero-order valence-corrected chi connectivity index (χ0v) is 12.1. The van der Waals surface area contributed by atoms with Gasteiger partial charge in [0, 0.05) is 18.7 Å². The number of rotatable bonds is 3. The first-order valence-corrected chi connectivity index (χ1v) is 7.47. The Balaban J connectivity index is 1.65.